The molecule has 0 spiro atoms. The average molecular weight is 358 g/mol. The Bertz CT molecular complexity index is 484. The van der Waals surface area contributed by atoms with Gasteiger partial charge in [-0.25, -0.2) is 0 Å². The van der Waals surface area contributed by atoms with E-state index < -0.39 is 16.6 Å². The van der Waals surface area contributed by atoms with E-state index in [-0.39, 0.29) is 103 Å². The molecule has 0 heterocycles. The average Bonchev–Trinajstić information content (AvgIpc) is 2.08. The minimum atomic E-state index is -4.67. The van der Waals surface area contributed by atoms with Crippen molar-refractivity contribution in [2.75, 3.05) is 11.5 Å². The molecule has 0 aromatic heterocycles. The Morgan fingerprint density at radius 2 is 1.45 bits per heavy atom. The van der Waals surface area contributed by atoms with Crippen molar-refractivity contribution in [3.8, 4) is 0 Å². The summed E-state index contributed by atoms with van der Waals surface area (Å²) in [7, 11) is -4.67. The second kappa shape index (κ2) is 15.1. The van der Waals surface area contributed by atoms with Gasteiger partial charge in [0.2, 0.25) is 0 Å². The molecule has 0 radical (unpaired) electrons. The molecular formula is C8H12K2N2O7S. The van der Waals surface area contributed by atoms with Gasteiger partial charge in [0.05, 0.1) is 0 Å². The number of nitrogens with two attached hydrogens (primary N) is 2. The summed E-state index contributed by atoms with van der Waals surface area (Å²) >= 11 is 0. The fourth-order valence-electron chi connectivity index (χ4n) is 0.699. The molecule has 0 amide bonds. The fraction of sp³-hybridized carbons (Fsp3) is 0.125. The monoisotopic (exact) mass is 358 g/mol. The smallest absolute Gasteiger partial charge is 0.652 e. The zero-order valence-electron chi connectivity index (χ0n) is 11.2. The summed E-state index contributed by atoms with van der Waals surface area (Å²) in [4.78, 5) is 8.33. The molecule has 0 fully saturated rings. The number of carboxylic acid groups (broad SMARTS) is 2. The van der Waals surface area contributed by atoms with Gasteiger partial charge in [-0.3, -0.25) is 9.11 Å². The third-order valence-corrected chi connectivity index (χ3v) is 1.29. The van der Waals surface area contributed by atoms with Crippen LogP contribution in [0, 0.1) is 6.92 Å². The van der Waals surface area contributed by atoms with Crippen LogP contribution in [-0.2, 0) is 10.4 Å². The Morgan fingerprint density at radius 3 is 1.65 bits per heavy atom. The number of hydrogen-bond acceptors (Lipinski definition) is 7. The van der Waals surface area contributed by atoms with Gasteiger partial charge in [-0.2, -0.15) is 8.42 Å². The second-order valence-electron chi connectivity index (χ2n) is 2.81. The first-order valence-corrected chi connectivity index (χ1v) is 5.52. The standard InChI is InChI=1S/C7H10N2.CH2O3.2K.H2O4S/c1-5-4-6(8)2-3-7(5)9;2-1(3)4;;;1-5(2,3)4/h2-4H,8-9H2,1H3;(H2,2,3,4);;;(H2,1,2,3,4)/q;;2*+1;/p-2. The van der Waals surface area contributed by atoms with Crippen LogP contribution in [-0.4, -0.2) is 23.7 Å². The van der Waals surface area contributed by atoms with Crippen LogP contribution >= 0.6 is 0 Å². The van der Waals surface area contributed by atoms with Crippen LogP contribution in [0.2, 0.25) is 0 Å². The molecule has 0 atom stereocenters. The summed E-state index contributed by atoms with van der Waals surface area (Å²) in [5.74, 6) is 0. The van der Waals surface area contributed by atoms with Gasteiger partial charge in [0, 0.05) is 11.4 Å². The first-order chi connectivity index (χ1) is 7.93. The molecule has 0 saturated heterocycles. The van der Waals surface area contributed by atoms with Gasteiger partial charge in [-0.05, 0) is 36.8 Å². The molecule has 0 aliphatic rings. The van der Waals surface area contributed by atoms with Crippen molar-refractivity contribution < 1.29 is 135 Å². The molecule has 0 saturated carbocycles. The Kier molecular flexibility index (Phi) is 22.2. The van der Waals surface area contributed by atoms with Crippen LogP contribution < -0.4 is 124 Å². The number of carbonyl (C=O) groups is 1. The molecule has 20 heavy (non-hydrogen) atoms. The normalized spacial score (nSPS) is 8.35. The second-order valence-corrected chi connectivity index (χ2v) is 3.71. The van der Waals surface area contributed by atoms with Gasteiger partial charge >= 0.3 is 113 Å². The van der Waals surface area contributed by atoms with Crippen LogP contribution in [0.4, 0.5) is 16.2 Å². The van der Waals surface area contributed by atoms with Gasteiger partial charge in [0.25, 0.3) is 0 Å². The molecule has 0 aliphatic heterocycles. The van der Waals surface area contributed by atoms with Crippen LogP contribution in [0.3, 0.4) is 0 Å². The molecule has 6 N–H and O–H groups in total. The molecule has 9 nitrogen and oxygen atoms in total. The van der Waals surface area contributed by atoms with Gasteiger partial charge in [-0.1, -0.05) is 0 Å². The maximum Gasteiger partial charge on any atom is 1.00 e. The van der Waals surface area contributed by atoms with E-state index in [2.05, 4.69) is 0 Å². The topological polar surface area (TPSA) is 190 Å². The number of carbonyl (C=O) groups excluding carboxylic acids is 1. The summed E-state index contributed by atoms with van der Waals surface area (Å²) < 4.78 is 31.6. The molecule has 1 aromatic rings. The van der Waals surface area contributed by atoms with Gasteiger partial charge < -0.3 is 26.5 Å². The van der Waals surface area contributed by atoms with Crippen molar-refractivity contribution in [1.29, 1.82) is 0 Å². The van der Waals surface area contributed by atoms with E-state index in [1.807, 2.05) is 19.1 Å². The first-order valence-electron chi connectivity index (χ1n) is 4.13. The molecule has 12 heteroatoms. The van der Waals surface area contributed by atoms with Crippen LogP contribution in [0.1, 0.15) is 5.56 Å². The SMILES string of the molecule is Cc1cc(N)ccc1N.O=C([O-])[O-].O=S(=O)(O)O.[K+].[K+]. The van der Waals surface area contributed by atoms with Gasteiger partial charge in [0.1, 0.15) is 0 Å². The Balaban J connectivity index is -0.000000102. The third kappa shape index (κ3) is 31.6. The number of nitrogen functional groups attached to an aromatic ring is 2. The zero-order chi connectivity index (χ0) is 14.9. The third-order valence-electron chi connectivity index (χ3n) is 1.29. The van der Waals surface area contributed by atoms with Crippen molar-refractivity contribution in [2.24, 2.45) is 0 Å². The van der Waals surface area contributed by atoms with E-state index in [9.17, 15) is 0 Å². The molecule has 104 valence electrons. The van der Waals surface area contributed by atoms with Crippen LogP contribution in [0.15, 0.2) is 18.2 Å². The molecule has 0 bridgehead atoms. The van der Waals surface area contributed by atoms with Gasteiger partial charge in [-0.15, -0.1) is 0 Å². The van der Waals surface area contributed by atoms with Crippen molar-refractivity contribution in [2.45, 2.75) is 6.92 Å². The van der Waals surface area contributed by atoms with E-state index in [0.717, 1.165) is 16.9 Å². The van der Waals surface area contributed by atoms with Gasteiger partial charge in [0.15, 0.2) is 0 Å². The van der Waals surface area contributed by atoms with Crippen LogP contribution in [0.25, 0.3) is 0 Å². The number of aryl methyl sites for hydroxylation is 1. The summed E-state index contributed by atoms with van der Waals surface area (Å²) in [6.45, 7) is 1.94. The molecular weight excluding hydrogens is 346 g/mol. The maximum absolute atomic E-state index is 8.74. The van der Waals surface area contributed by atoms with Crippen molar-refractivity contribution >= 4 is 27.9 Å². The van der Waals surface area contributed by atoms with Crippen molar-refractivity contribution in [1.82, 2.24) is 0 Å². The molecule has 0 aliphatic carbocycles. The summed E-state index contributed by atoms with van der Waals surface area (Å²) in [5.41, 5.74) is 13.6. The number of benzene rings is 1. The molecule has 1 rings (SSSR count). The summed E-state index contributed by atoms with van der Waals surface area (Å²) in [6, 6.07) is 5.46. The minimum Gasteiger partial charge on any atom is -0.652 e. The van der Waals surface area contributed by atoms with E-state index in [4.69, 9.17) is 44.0 Å². The zero-order valence-corrected chi connectivity index (χ0v) is 18.3. The maximum atomic E-state index is 8.74. The Hall–Kier alpha value is 1.23. The minimum absolute atomic E-state index is 0. The van der Waals surface area contributed by atoms with E-state index in [1.165, 1.54) is 0 Å². The quantitative estimate of drug-likeness (QED) is 0.198. The summed E-state index contributed by atoms with van der Waals surface area (Å²) in [5, 5.41) is 16.7. The summed E-state index contributed by atoms with van der Waals surface area (Å²) in [6.07, 6.45) is -2.33. The predicted octanol–water partition coefficient (Wildman–Crippen LogP) is -7.93. The first kappa shape index (κ1) is 29.3. The largest absolute Gasteiger partial charge is 1.00 e. The number of anilines is 2. The molecule has 1 aromatic carbocycles. The number of hydrogen-bond donors (Lipinski definition) is 4. The van der Waals surface area contributed by atoms with E-state index in [1.54, 1.807) is 6.07 Å². The Morgan fingerprint density at radius 1 is 1.15 bits per heavy atom. The van der Waals surface area contributed by atoms with E-state index >= 15 is 0 Å². The van der Waals surface area contributed by atoms with Crippen LogP contribution in [0.5, 0.6) is 0 Å². The number of rotatable bonds is 0. The van der Waals surface area contributed by atoms with E-state index in [0.29, 0.717) is 0 Å². The molecule has 0 unspecified atom stereocenters. The Labute approximate surface area is 201 Å². The predicted molar refractivity (Wildman–Crippen MR) is 59.6 cm³/mol. The van der Waals surface area contributed by atoms with Crippen molar-refractivity contribution in [3.63, 3.8) is 0 Å². The fourth-order valence-corrected chi connectivity index (χ4v) is 0.699. The van der Waals surface area contributed by atoms with Crippen molar-refractivity contribution in [3.05, 3.63) is 23.8 Å².